The topological polar surface area (TPSA) is 22.0 Å². The lowest BCUT2D eigenvalue weighted by molar-refractivity contribution is 0.956. The first-order valence-corrected chi connectivity index (χ1v) is 6.22. The highest BCUT2D eigenvalue weighted by atomic mass is 35.5. The zero-order valence-electron chi connectivity index (χ0n) is 9.35. The Hall–Kier alpha value is -1.19. The second-order valence-electron chi connectivity index (χ2n) is 3.81. The minimum atomic E-state index is 0.0303. The summed E-state index contributed by atoms with van der Waals surface area (Å²) in [6.07, 6.45) is 1.83. The Labute approximate surface area is 110 Å². The molecule has 17 heavy (non-hydrogen) atoms. The lowest BCUT2D eigenvalue weighted by Gasteiger charge is -2.12. The Kier molecular flexibility index (Phi) is 3.60. The van der Waals surface area contributed by atoms with Gasteiger partial charge < -0.3 is 4.57 Å². The maximum Gasteiger partial charge on any atom is 0.185 e. The molecule has 0 bridgehead atoms. The van der Waals surface area contributed by atoms with Gasteiger partial charge in [-0.3, -0.25) is 4.79 Å². The summed E-state index contributed by atoms with van der Waals surface area (Å²) in [4.78, 5) is 11.6. The Morgan fingerprint density at radius 1 is 1.29 bits per heavy atom. The number of pyridine rings is 1. The summed E-state index contributed by atoms with van der Waals surface area (Å²) < 4.78 is 1.96. The summed E-state index contributed by atoms with van der Waals surface area (Å²) in [6.45, 7) is 1.90. The van der Waals surface area contributed by atoms with Crippen molar-refractivity contribution in [3.05, 3.63) is 63.0 Å². The smallest absolute Gasteiger partial charge is 0.185 e. The lowest BCUT2D eigenvalue weighted by atomic mass is 10.2. The molecule has 0 atom stereocenters. The first-order chi connectivity index (χ1) is 8.11. The Balaban J connectivity index is 2.59. The van der Waals surface area contributed by atoms with Crippen LogP contribution in [0.15, 0.2) is 41.3 Å². The summed E-state index contributed by atoms with van der Waals surface area (Å²) in [5.41, 5.74) is 2.59. The molecule has 1 aromatic heterocycles. The Morgan fingerprint density at radius 3 is 2.53 bits per heavy atom. The van der Waals surface area contributed by atoms with E-state index in [1.54, 1.807) is 6.07 Å². The van der Waals surface area contributed by atoms with Gasteiger partial charge >= 0.3 is 0 Å². The van der Waals surface area contributed by atoms with E-state index in [0.717, 1.165) is 11.4 Å². The summed E-state index contributed by atoms with van der Waals surface area (Å²) in [6, 6.07) is 9.12. The normalized spacial score (nSPS) is 10.5. The molecule has 0 aliphatic carbocycles. The van der Waals surface area contributed by atoms with E-state index < -0.39 is 0 Å². The molecular formula is C13H12ClNOS. The molecule has 0 amide bonds. The monoisotopic (exact) mass is 265 g/mol. The number of hydrogen-bond acceptors (Lipinski definition) is 2. The zero-order chi connectivity index (χ0) is 12.4. The van der Waals surface area contributed by atoms with Crippen molar-refractivity contribution in [2.45, 2.75) is 12.7 Å². The van der Waals surface area contributed by atoms with Crippen LogP contribution in [0.3, 0.4) is 0 Å². The molecule has 88 valence electrons. The number of rotatable bonds is 2. The maximum absolute atomic E-state index is 11.6. The molecule has 2 aromatic rings. The molecule has 0 aliphatic rings. The molecule has 0 spiro atoms. The van der Waals surface area contributed by atoms with Gasteiger partial charge in [-0.25, -0.2) is 0 Å². The number of nitrogens with zero attached hydrogens (tertiary/aromatic N) is 1. The van der Waals surface area contributed by atoms with Crippen molar-refractivity contribution in [1.82, 2.24) is 4.57 Å². The van der Waals surface area contributed by atoms with Crippen LogP contribution in [0.25, 0.3) is 5.69 Å². The van der Waals surface area contributed by atoms with E-state index in [1.807, 2.05) is 42.0 Å². The lowest BCUT2D eigenvalue weighted by Crippen LogP contribution is -2.12. The van der Waals surface area contributed by atoms with E-state index in [0.29, 0.717) is 16.3 Å². The van der Waals surface area contributed by atoms with Gasteiger partial charge in [-0.2, -0.15) is 12.6 Å². The summed E-state index contributed by atoms with van der Waals surface area (Å²) >= 11 is 10.0. The molecule has 0 N–H and O–H groups in total. The molecule has 0 radical (unpaired) electrons. The van der Waals surface area contributed by atoms with E-state index in [4.69, 9.17) is 11.6 Å². The Morgan fingerprint density at radius 2 is 1.94 bits per heavy atom. The first-order valence-electron chi connectivity index (χ1n) is 5.21. The fourth-order valence-electron chi connectivity index (χ4n) is 1.67. The first kappa shape index (κ1) is 12.3. The van der Waals surface area contributed by atoms with Crippen LogP contribution in [0, 0.1) is 6.92 Å². The van der Waals surface area contributed by atoms with Gasteiger partial charge in [0.2, 0.25) is 0 Å². The second-order valence-corrected chi connectivity index (χ2v) is 4.56. The van der Waals surface area contributed by atoms with Gasteiger partial charge in [0.05, 0.1) is 0 Å². The van der Waals surface area contributed by atoms with Crippen molar-refractivity contribution in [2.75, 3.05) is 0 Å². The number of benzene rings is 1. The van der Waals surface area contributed by atoms with E-state index in [9.17, 15) is 4.79 Å². The molecule has 1 aromatic carbocycles. The Bertz CT molecular complexity index is 589. The van der Waals surface area contributed by atoms with Crippen LogP contribution in [-0.2, 0) is 5.75 Å². The summed E-state index contributed by atoms with van der Waals surface area (Å²) in [5, 5.41) is 0.696. The third kappa shape index (κ3) is 2.56. The largest absolute Gasteiger partial charge is 0.321 e. The molecule has 0 saturated heterocycles. The van der Waals surface area contributed by atoms with Gasteiger partial charge in [-0.15, -0.1) is 0 Å². The zero-order valence-corrected chi connectivity index (χ0v) is 11.0. The molecule has 0 unspecified atom stereocenters. The van der Waals surface area contributed by atoms with E-state index in [-0.39, 0.29) is 5.43 Å². The molecule has 4 heteroatoms. The highest BCUT2D eigenvalue weighted by Gasteiger charge is 2.04. The third-order valence-corrected chi connectivity index (χ3v) is 3.19. The average Bonchev–Trinajstić information content (AvgIpc) is 2.31. The van der Waals surface area contributed by atoms with Crippen LogP contribution in [0.5, 0.6) is 0 Å². The summed E-state index contributed by atoms with van der Waals surface area (Å²) in [7, 11) is 0. The van der Waals surface area contributed by atoms with Crippen molar-refractivity contribution < 1.29 is 0 Å². The minimum absolute atomic E-state index is 0.0303. The van der Waals surface area contributed by atoms with E-state index >= 15 is 0 Å². The van der Waals surface area contributed by atoms with Crippen molar-refractivity contribution in [2.24, 2.45) is 0 Å². The highest BCUT2D eigenvalue weighted by molar-refractivity contribution is 7.79. The average molecular weight is 266 g/mol. The molecule has 0 aliphatic heterocycles. The number of aryl methyl sites for hydroxylation is 1. The van der Waals surface area contributed by atoms with Gasteiger partial charge in [-0.05, 0) is 31.2 Å². The highest BCUT2D eigenvalue weighted by Crippen LogP contribution is 2.15. The standard InChI is InChI=1S/C13H12ClNOS/c1-9-6-13(16)10(8-17)7-15(9)12-4-2-11(14)3-5-12/h2-7,17H,8H2,1H3. The minimum Gasteiger partial charge on any atom is -0.321 e. The molecular weight excluding hydrogens is 254 g/mol. The third-order valence-electron chi connectivity index (χ3n) is 2.60. The molecule has 2 nitrogen and oxygen atoms in total. The van der Waals surface area contributed by atoms with E-state index in [1.165, 1.54) is 0 Å². The quantitative estimate of drug-likeness (QED) is 0.828. The molecule has 1 heterocycles. The van der Waals surface area contributed by atoms with Crippen LogP contribution >= 0.6 is 24.2 Å². The molecule has 2 rings (SSSR count). The van der Waals surface area contributed by atoms with Crippen LogP contribution in [0.2, 0.25) is 5.02 Å². The molecule has 0 saturated carbocycles. The van der Waals surface area contributed by atoms with Gasteiger partial charge in [0.15, 0.2) is 5.43 Å². The fourth-order valence-corrected chi connectivity index (χ4v) is 2.04. The number of thiol groups is 1. The predicted molar refractivity (Wildman–Crippen MR) is 74.5 cm³/mol. The fraction of sp³-hybridized carbons (Fsp3) is 0.154. The van der Waals surface area contributed by atoms with Gasteiger partial charge in [0.1, 0.15) is 0 Å². The SMILES string of the molecule is Cc1cc(=O)c(CS)cn1-c1ccc(Cl)cc1. The van der Waals surface area contributed by atoms with Crippen LogP contribution < -0.4 is 5.43 Å². The van der Waals surface area contributed by atoms with Crippen LogP contribution in [-0.4, -0.2) is 4.57 Å². The van der Waals surface area contributed by atoms with Crippen molar-refractivity contribution in [3.8, 4) is 5.69 Å². The van der Waals surface area contributed by atoms with Crippen molar-refractivity contribution >= 4 is 24.2 Å². The van der Waals surface area contributed by atoms with Gasteiger partial charge in [0, 0.05) is 40.0 Å². The maximum atomic E-state index is 11.6. The van der Waals surface area contributed by atoms with Gasteiger partial charge in [-0.1, -0.05) is 11.6 Å². The van der Waals surface area contributed by atoms with Crippen LogP contribution in [0.4, 0.5) is 0 Å². The number of hydrogen-bond donors (Lipinski definition) is 1. The number of aromatic nitrogens is 1. The van der Waals surface area contributed by atoms with Crippen LogP contribution in [0.1, 0.15) is 11.3 Å². The van der Waals surface area contributed by atoms with E-state index in [2.05, 4.69) is 12.6 Å². The predicted octanol–water partition coefficient (Wildman–Crippen LogP) is 3.23. The second kappa shape index (κ2) is 4.98. The number of halogens is 1. The van der Waals surface area contributed by atoms with Crippen molar-refractivity contribution in [1.29, 1.82) is 0 Å². The molecule has 0 fully saturated rings. The van der Waals surface area contributed by atoms with Gasteiger partial charge in [0.25, 0.3) is 0 Å². The summed E-state index contributed by atoms with van der Waals surface area (Å²) in [5.74, 6) is 0.437. The van der Waals surface area contributed by atoms with Crippen molar-refractivity contribution in [3.63, 3.8) is 0 Å².